The third-order valence-electron chi connectivity index (χ3n) is 4.11. The number of amides is 2. The number of aromatic amines is 1. The molecule has 1 aromatic heterocycles. The van der Waals surface area contributed by atoms with Crippen molar-refractivity contribution in [3.63, 3.8) is 0 Å². The number of esters is 1. The number of carbonyl (C=O) groups is 3. The SMILES string of the molecule is Cc1ccc(C(=O)NNC(=O)COC(=O)c2cc(-c3ccc(C)cc3)n[nH]2)cc1. The van der Waals surface area contributed by atoms with Crippen molar-refractivity contribution in [3.05, 3.63) is 77.0 Å². The summed E-state index contributed by atoms with van der Waals surface area (Å²) in [6.07, 6.45) is 0. The molecule has 8 nitrogen and oxygen atoms in total. The van der Waals surface area contributed by atoms with Crippen LogP contribution < -0.4 is 10.9 Å². The summed E-state index contributed by atoms with van der Waals surface area (Å²) >= 11 is 0. The van der Waals surface area contributed by atoms with Gasteiger partial charge in [-0.1, -0.05) is 47.5 Å². The number of aromatic nitrogens is 2. The largest absolute Gasteiger partial charge is 0.451 e. The van der Waals surface area contributed by atoms with Crippen LogP contribution >= 0.6 is 0 Å². The lowest BCUT2D eigenvalue weighted by molar-refractivity contribution is -0.125. The fourth-order valence-corrected chi connectivity index (χ4v) is 2.45. The molecule has 3 rings (SSSR count). The van der Waals surface area contributed by atoms with Crippen LogP contribution in [0.3, 0.4) is 0 Å². The predicted molar refractivity (Wildman–Crippen MR) is 106 cm³/mol. The normalized spacial score (nSPS) is 10.3. The first-order valence-corrected chi connectivity index (χ1v) is 8.88. The lowest BCUT2D eigenvalue weighted by atomic mass is 10.1. The van der Waals surface area contributed by atoms with Gasteiger partial charge in [0.05, 0.1) is 5.69 Å². The lowest BCUT2D eigenvalue weighted by Gasteiger charge is -2.08. The molecule has 0 aliphatic rings. The van der Waals surface area contributed by atoms with Crippen molar-refractivity contribution in [3.8, 4) is 11.3 Å². The lowest BCUT2D eigenvalue weighted by Crippen LogP contribution is -2.43. The number of nitrogens with one attached hydrogen (secondary N) is 3. The molecule has 0 radical (unpaired) electrons. The molecule has 0 spiro atoms. The molecule has 0 bridgehead atoms. The molecule has 0 aliphatic heterocycles. The maximum atomic E-state index is 12.1. The summed E-state index contributed by atoms with van der Waals surface area (Å²) < 4.78 is 4.94. The Kier molecular flexibility index (Phi) is 6.03. The summed E-state index contributed by atoms with van der Waals surface area (Å²) in [6.45, 7) is 3.33. The van der Waals surface area contributed by atoms with Gasteiger partial charge in [-0.3, -0.25) is 25.5 Å². The quantitative estimate of drug-likeness (QED) is 0.456. The van der Waals surface area contributed by atoms with Crippen molar-refractivity contribution in [1.82, 2.24) is 21.0 Å². The number of aryl methyl sites for hydroxylation is 2. The van der Waals surface area contributed by atoms with Gasteiger partial charge in [-0.25, -0.2) is 4.79 Å². The molecular weight excluding hydrogens is 372 g/mol. The highest BCUT2D eigenvalue weighted by molar-refractivity contribution is 5.96. The Labute approximate surface area is 167 Å². The Hall–Kier alpha value is -3.94. The van der Waals surface area contributed by atoms with Crippen LogP contribution in [0.2, 0.25) is 0 Å². The third kappa shape index (κ3) is 5.29. The van der Waals surface area contributed by atoms with E-state index in [1.54, 1.807) is 30.3 Å². The Morgan fingerprint density at radius 2 is 1.55 bits per heavy atom. The Bertz CT molecular complexity index is 1020. The van der Waals surface area contributed by atoms with Gasteiger partial charge in [0.15, 0.2) is 6.61 Å². The molecule has 0 unspecified atom stereocenters. The van der Waals surface area contributed by atoms with Gasteiger partial charge in [-0.05, 0) is 32.0 Å². The molecule has 0 aliphatic carbocycles. The number of carbonyl (C=O) groups excluding carboxylic acids is 3. The van der Waals surface area contributed by atoms with Gasteiger partial charge < -0.3 is 4.74 Å². The first-order chi connectivity index (χ1) is 13.9. The van der Waals surface area contributed by atoms with Gasteiger partial charge in [0, 0.05) is 11.1 Å². The van der Waals surface area contributed by atoms with Crippen LogP contribution in [0.1, 0.15) is 32.0 Å². The summed E-state index contributed by atoms with van der Waals surface area (Å²) in [5.41, 5.74) is 8.55. The number of hydrogen-bond acceptors (Lipinski definition) is 5. The fraction of sp³-hybridized carbons (Fsp3) is 0.143. The summed E-state index contributed by atoms with van der Waals surface area (Å²) in [5, 5.41) is 6.67. The van der Waals surface area contributed by atoms with Crippen LogP contribution in [0.25, 0.3) is 11.3 Å². The van der Waals surface area contributed by atoms with Gasteiger partial charge >= 0.3 is 5.97 Å². The van der Waals surface area contributed by atoms with E-state index in [1.807, 2.05) is 38.1 Å². The molecular formula is C21H20N4O4. The molecule has 29 heavy (non-hydrogen) atoms. The summed E-state index contributed by atoms with van der Waals surface area (Å²) in [6, 6.07) is 16.1. The summed E-state index contributed by atoms with van der Waals surface area (Å²) in [5.74, 6) is -1.87. The van der Waals surface area contributed by atoms with Crippen molar-refractivity contribution in [1.29, 1.82) is 0 Å². The highest BCUT2D eigenvalue weighted by atomic mass is 16.5. The van der Waals surface area contributed by atoms with Crippen LogP contribution in [-0.2, 0) is 9.53 Å². The highest BCUT2D eigenvalue weighted by Crippen LogP contribution is 2.18. The van der Waals surface area contributed by atoms with Gasteiger partial charge in [0.1, 0.15) is 5.69 Å². The molecule has 3 N–H and O–H groups in total. The zero-order valence-electron chi connectivity index (χ0n) is 16.0. The average molecular weight is 392 g/mol. The van der Waals surface area contributed by atoms with Crippen molar-refractivity contribution < 1.29 is 19.1 Å². The Morgan fingerprint density at radius 1 is 0.931 bits per heavy atom. The molecule has 1 heterocycles. The Morgan fingerprint density at radius 3 is 2.21 bits per heavy atom. The first kappa shape index (κ1) is 19.8. The molecule has 2 amide bonds. The highest BCUT2D eigenvalue weighted by Gasteiger charge is 2.15. The van der Waals surface area contributed by atoms with E-state index in [4.69, 9.17) is 4.74 Å². The number of benzene rings is 2. The first-order valence-electron chi connectivity index (χ1n) is 8.88. The number of H-pyrrole nitrogens is 1. The van der Waals surface area contributed by atoms with Crippen LogP contribution in [0, 0.1) is 13.8 Å². The molecule has 0 fully saturated rings. The van der Waals surface area contributed by atoms with Crippen LogP contribution in [-0.4, -0.2) is 34.6 Å². The monoisotopic (exact) mass is 392 g/mol. The van der Waals surface area contributed by atoms with E-state index in [9.17, 15) is 14.4 Å². The van der Waals surface area contributed by atoms with Crippen LogP contribution in [0.4, 0.5) is 0 Å². The van der Waals surface area contributed by atoms with Crippen LogP contribution in [0.15, 0.2) is 54.6 Å². The van der Waals surface area contributed by atoms with E-state index in [1.165, 1.54) is 0 Å². The van der Waals surface area contributed by atoms with Crippen LogP contribution in [0.5, 0.6) is 0 Å². The second kappa shape index (κ2) is 8.83. The molecule has 0 atom stereocenters. The van der Waals surface area contributed by atoms with Gasteiger partial charge in [-0.2, -0.15) is 5.10 Å². The smallest absolute Gasteiger partial charge is 0.356 e. The second-order valence-electron chi connectivity index (χ2n) is 6.48. The predicted octanol–water partition coefficient (Wildman–Crippen LogP) is 2.31. The van der Waals surface area contributed by atoms with Gasteiger partial charge in [0.2, 0.25) is 0 Å². The minimum Gasteiger partial charge on any atom is -0.451 e. The van der Waals surface area contributed by atoms with E-state index >= 15 is 0 Å². The molecule has 0 saturated heterocycles. The molecule has 3 aromatic rings. The van der Waals surface area contributed by atoms with Crippen molar-refractivity contribution in [2.45, 2.75) is 13.8 Å². The topological polar surface area (TPSA) is 113 Å². The number of ether oxygens (including phenoxy) is 1. The van der Waals surface area contributed by atoms with E-state index < -0.39 is 24.4 Å². The zero-order valence-corrected chi connectivity index (χ0v) is 16.0. The molecule has 148 valence electrons. The molecule has 8 heteroatoms. The number of rotatable bonds is 5. The average Bonchev–Trinajstić information content (AvgIpc) is 3.21. The third-order valence-corrected chi connectivity index (χ3v) is 4.11. The number of hydrogen-bond donors (Lipinski definition) is 3. The summed E-state index contributed by atoms with van der Waals surface area (Å²) in [4.78, 5) is 35.8. The molecule has 2 aromatic carbocycles. The van der Waals surface area contributed by atoms with Crippen molar-refractivity contribution >= 4 is 17.8 Å². The zero-order chi connectivity index (χ0) is 20.8. The van der Waals surface area contributed by atoms with E-state index in [-0.39, 0.29) is 5.69 Å². The van der Waals surface area contributed by atoms with E-state index in [2.05, 4.69) is 21.0 Å². The fourth-order valence-electron chi connectivity index (χ4n) is 2.45. The van der Waals surface area contributed by atoms with Crippen molar-refractivity contribution in [2.75, 3.05) is 6.61 Å². The van der Waals surface area contributed by atoms with Crippen molar-refractivity contribution in [2.24, 2.45) is 0 Å². The van der Waals surface area contributed by atoms with Gasteiger partial charge in [-0.15, -0.1) is 0 Å². The standard InChI is InChI=1S/C21H20N4O4/c1-13-3-7-15(8-4-13)17-11-18(23-22-17)21(28)29-12-19(26)24-25-20(27)16-9-5-14(2)6-10-16/h3-11H,12H2,1-2H3,(H,22,23)(H,24,26)(H,25,27). The maximum Gasteiger partial charge on any atom is 0.356 e. The van der Waals surface area contributed by atoms with E-state index in [0.29, 0.717) is 11.3 Å². The number of hydrazine groups is 1. The minimum absolute atomic E-state index is 0.122. The number of nitrogens with zero attached hydrogens (tertiary/aromatic N) is 1. The molecule has 0 saturated carbocycles. The van der Waals surface area contributed by atoms with Gasteiger partial charge in [0.25, 0.3) is 11.8 Å². The second-order valence-corrected chi connectivity index (χ2v) is 6.48. The van der Waals surface area contributed by atoms with E-state index in [0.717, 1.165) is 16.7 Å². The summed E-state index contributed by atoms with van der Waals surface area (Å²) in [7, 11) is 0. The Balaban J connectivity index is 1.47. The minimum atomic E-state index is -0.726. The maximum absolute atomic E-state index is 12.1.